The van der Waals surface area contributed by atoms with E-state index in [-0.39, 0.29) is 6.10 Å². The van der Waals surface area contributed by atoms with E-state index >= 15 is 0 Å². The second-order valence-corrected chi connectivity index (χ2v) is 6.19. The highest BCUT2D eigenvalue weighted by Crippen LogP contribution is 2.32. The van der Waals surface area contributed by atoms with Crippen LogP contribution in [-0.2, 0) is 15.9 Å². The Hall–Kier alpha value is -1.59. The maximum Gasteiger partial charge on any atom is 0.191 e. The molecule has 1 aromatic rings. The third-order valence-corrected chi connectivity index (χ3v) is 4.29. The SMILES string of the molecule is CCNC(=NCCCOC1CCCc2ccccc21)NCCOCC. The molecule has 2 N–H and O–H groups in total. The highest BCUT2D eigenvalue weighted by Gasteiger charge is 2.19. The second kappa shape index (κ2) is 11.9. The van der Waals surface area contributed by atoms with E-state index in [1.807, 2.05) is 6.92 Å². The number of benzene rings is 1. The molecule has 2 rings (SSSR count). The summed E-state index contributed by atoms with van der Waals surface area (Å²) in [5.74, 6) is 0.852. The molecule has 0 amide bonds. The van der Waals surface area contributed by atoms with Gasteiger partial charge in [0.2, 0.25) is 0 Å². The minimum absolute atomic E-state index is 0.256. The molecule has 140 valence electrons. The maximum absolute atomic E-state index is 6.13. The molecule has 0 bridgehead atoms. The normalized spacial score (nSPS) is 17.2. The quantitative estimate of drug-likeness (QED) is 0.388. The van der Waals surface area contributed by atoms with Crippen molar-refractivity contribution in [2.24, 2.45) is 4.99 Å². The van der Waals surface area contributed by atoms with E-state index in [0.29, 0.717) is 6.61 Å². The number of fused-ring (bicyclic) bond motifs is 1. The predicted octanol–water partition coefficient (Wildman–Crippen LogP) is 3.06. The molecule has 0 spiro atoms. The van der Waals surface area contributed by atoms with Crippen LogP contribution in [0.2, 0.25) is 0 Å². The molecule has 0 aliphatic heterocycles. The van der Waals surface area contributed by atoms with Gasteiger partial charge in [-0.2, -0.15) is 0 Å². The van der Waals surface area contributed by atoms with Gasteiger partial charge in [-0.1, -0.05) is 24.3 Å². The fourth-order valence-corrected chi connectivity index (χ4v) is 3.09. The molecule has 1 unspecified atom stereocenters. The van der Waals surface area contributed by atoms with Gasteiger partial charge in [-0.15, -0.1) is 0 Å². The molecule has 1 aromatic carbocycles. The first-order valence-electron chi connectivity index (χ1n) is 9.64. The number of nitrogens with zero attached hydrogens (tertiary/aromatic N) is 1. The molecule has 1 aliphatic rings. The highest BCUT2D eigenvalue weighted by molar-refractivity contribution is 5.79. The molecule has 5 heteroatoms. The van der Waals surface area contributed by atoms with Gasteiger partial charge in [0.1, 0.15) is 0 Å². The van der Waals surface area contributed by atoms with Gasteiger partial charge in [0.25, 0.3) is 0 Å². The summed E-state index contributed by atoms with van der Waals surface area (Å²) in [6, 6.07) is 8.67. The van der Waals surface area contributed by atoms with Crippen LogP contribution < -0.4 is 10.6 Å². The second-order valence-electron chi connectivity index (χ2n) is 6.19. The van der Waals surface area contributed by atoms with E-state index < -0.39 is 0 Å². The number of guanidine groups is 1. The van der Waals surface area contributed by atoms with Crippen LogP contribution in [0, 0.1) is 0 Å². The first kappa shape index (κ1) is 19.7. The Labute approximate surface area is 152 Å². The van der Waals surface area contributed by atoms with Crippen molar-refractivity contribution in [2.45, 2.75) is 45.6 Å². The fraction of sp³-hybridized carbons (Fsp3) is 0.650. The minimum Gasteiger partial charge on any atom is -0.380 e. The Kier molecular flexibility index (Phi) is 9.37. The zero-order chi connectivity index (χ0) is 17.7. The molecule has 0 fully saturated rings. The van der Waals surface area contributed by atoms with Crippen molar-refractivity contribution in [3.8, 4) is 0 Å². The molecule has 0 saturated heterocycles. The van der Waals surface area contributed by atoms with Crippen LogP contribution in [-0.4, -0.2) is 45.4 Å². The van der Waals surface area contributed by atoms with Crippen LogP contribution in [0.25, 0.3) is 0 Å². The molecule has 0 heterocycles. The van der Waals surface area contributed by atoms with Crippen molar-refractivity contribution >= 4 is 5.96 Å². The summed E-state index contributed by atoms with van der Waals surface area (Å²) < 4.78 is 11.5. The van der Waals surface area contributed by atoms with Gasteiger partial charge in [-0.3, -0.25) is 4.99 Å². The standard InChI is InChI=1S/C20H33N3O2/c1-3-21-20(23-14-16-24-4-2)22-13-8-15-25-19-12-7-10-17-9-5-6-11-18(17)19/h5-6,9,11,19H,3-4,7-8,10,12-16H2,1-2H3,(H2,21,22,23). The molecular weight excluding hydrogens is 314 g/mol. The Morgan fingerprint density at radius 2 is 2.08 bits per heavy atom. The molecule has 0 saturated carbocycles. The maximum atomic E-state index is 6.13. The monoisotopic (exact) mass is 347 g/mol. The number of hydrogen-bond donors (Lipinski definition) is 2. The Bertz CT molecular complexity index is 519. The average Bonchev–Trinajstić information content (AvgIpc) is 2.65. The van der Waals surface area contributed by atoms with Gasteiger partial charge < -0.3 is 20.1 Å². The summed E-state index contributed by atoms with van der Waals surface area (Å²) in [5, 5.41) is 6.54. The summed E-state index contributed by atoms with van der Waals surface area (Å²) in [6.07, 6.45) is 4.71. The molecule has 1 aliphatic carbocycles. The van der Waals surface area contributed by atoms with Crippen molar-refractivity contribution < 1.29 is 9.47 Å². The van der Waals surface area contributed by atoms with Gasteiger partial charge >= 0.3 is 0 Å². The largest absolute Gasteiger partial charge is 0.380 e. The highest BCUT2D eigenvalue weighted by atomic mass is 16.5. The Morgan fingerprint density at radius 3 is 2.92 bits per heavy atom. The summed E-state index contributed by atoms with van der Waals surface area (Å²) >= 11 is 0. The van der Waals surface area contributed by atoms with Gasteiger partial charge in [0.05, 0.1) is 12.7 Å². The van der Waals surface area contributed by atoms with Crippen LogP contribution in [0.3, 0.4) is 0 Å². The minimum atomic E-state index is 0.256. The van der Waals surface area contributed by atoms with Gasteiger partial charge in [0, 0.05) is 32.8 Å². The van der Waals surface area contributed by atoms with E-state index in [2.05, 4.69) is 46.8 Å². The smallest absolute Gasteiger partial charge is 0.191 e. The van der Waals surface area contributed by atoms with E-state index in [0.717, 1.165) is 51.6 Å². The first-order valence-corrected chi connectivity index (χ1v) is 9.64. The van der Waals surface area contributed by atoms with Gasteiger partial charge in [-0.05, 0) is 50.7 Å². The lowest BCUT2D eigenvalue weighted by Crippen LogP contribution is -2.39. The first-order chi connectivity index (χ1) is 12.3. The third-order valence-electron chi connectivity index (χ3n) is 4.29. The Morgan fingerprint density at radius 1 is 1.20 bits per heavy atom. The number of aryl methyl sites for hydroxylation is 1. The molecule has 25 heavy (non-hydrogen) atoms. The molecule has 0 radical (unpaired) electrons. The van der Waals surface area contributed by atoms with Crippen LogP contribution in [0.4, 0.5) is 0 Å². The van der Waals surface area contributed by atoms with Crippen molar-refractivity contribution in [3.63, 3.8) is 0 Å². The van der Waals surface area contributed by atoms with Crippen molar-refractivity contribution in [3.05, 3.63) is 35.4 Å². The number of hydrogen-bond acceptors (Lipinski definition) is 3. The summed E-state index contributed by atoms with van der Waals surface area (Å²) in [7, 11) is 0. The molecule has 1 atom stereocenters. The average molecular weight is 348 g/mol. The number of rotatable bonds is 10. The summed E-state index contributed by atoms with van der Waals surface area (Å²) in [6.45, 7) is 8.67. The van der Waals surface area contributed by atoms with Gasteiger partial charge in [0.15, 0.2) is 5.96 Å². The molecular formula is C20H33N3O2. The van der Waals surface area contributed by atoms with E-state index in [1.54, 1.807) is 0 Å². The fourth-order valence-electron chi connectivity index (χ4n) is 3.09. The molecule has 5 nitrogen and oxygen atoms in total. The van der Waals surface area contributed by atoms with Crippen LogP contribution in [0.5, 0.6) is 0 Å². The van der Waals surface area contributed by atoms with Crippen molar-refractivity contribution in [2.75, 3.05) is 39.5 Å². The lowest BCUT2D eigenvalue weighted by Gasteiger charge is -2.25. The Balaban J connectivity index is 1.69. The van der Waals surface area contributed by atoms with E-state index in [4.69, 9.17) is 9.47 Å². The third kappa shape index (κ3) is 7.04. The van der Waals surface area contributed by atoms with Crippen LogP contribution >= 0.6 is 0 Å². The van der Waals surface area contributed by atoms with Crippen molar-refractivity contribution in [1.82, 2.24) is 10.6 Å². The number of aliphatic imine (C=N–C) groups is 1. The predicted molar refractivity (Wildman–Crippen MR) is 103 cm³/mol. The summed E-state index contributed by atoms with van der Waals surface area (Å²) in [4.78, 5) is 4.60. The zero-order valence-corrected chi connectivity index (χ0v) is 15.7. The lowest BCUT2D eigenvalue weighted by molar-refractivity contribution is 0.0403. The number of ether oxygens (including phenoxy) is 2. The number of nitrogens with one attached hydrogen (secondary N) is 2. The van der Waals surface area contributed by atoms with Crippen molar-refractivity contribution in [1.29, 1.82) is 0 Å². The van der Waals surface area contributed by atoms with E-state index in [1.165, 1.54) is 24.0 Å². The van der Waals surface area contributed by atoms with Crippen LogP contribution in [0.15, 0.2) is 29.3 Å². The summed E-state index contributed by atoms with van der Waals surface area (Å²) in [5.41, 5.74) is 2.83. The van der Waals surface area contributed by atoms with Crippen LogP contribution in [0.1, 0.15) is 50.3 Å². The van der Waals surface area contributed by atoms with Gasteiger partial charge in [-0.25, -0.2) is 0 Å². The zero-order valence-electron chi connectivity index (χ0n) is 15.7. The van der Waals surface area contributed by atoms with E-state index in [9.17, 15) is 0 Å². The lowest BCUT2D eigenvalue weighted by atomic mass is 9.89. The molecule has 0 aromatic heterocycles. The topological polar surface area (TPSA) is 54.9 Å².